The van der Waals surface area contributed by atoms with E-state index in [1.165, 1.54) is 13.2 Å². The number of para-hydroxylation sites is 1. The first kappa shape index (κ1) is 14.2. The van der Waals surface area contributed by atoms with Gasteiger partial charge in [0.2, 0.25) is 0 Å². The summed E-state index contributed by atoms with van der Waals surface area (Å²) in [4.78, 5) is 12.2. The number of phenolic OH excluding ortho intramolecular Hbond substituents is 2. The van der Waals surface area contributed by atoms with E-state index in [9.17, 15) is 15.0 Å². The lowest BCUT2D eigenvalue weighted by Gasteiger charge is -2.09. The molecule has 0 radical (unpaired) electrons. The molecule has 5 heteroatoms. The Kier molecular flexibility index (Phi) is 4.15. The van der Waals surface area contributed by atoms with Crippen molar-refractivity contribution in [2.45, 2.75) is 6.42 Å². The van der Waals surface area contributed by atoms with Gasteiger partial charge in [0.1, 0.15) is 17.2 Å². The van der Waals surface area contributed by atoms with Crippen LogP contribution in [0.1, 0.15) is 15.9 Å². The molecule has 0 aliphatic rings. The molecule has 0 heterocycles. The standard InChI is InChI=1S/C15H13ClO4/c1-20-15-5-3-2-4-9(15)6-12(17)10-7-11(16)14(19)8-13(10)18/h2-5,7-8,18-19H,6H2,1H3. The number of rotatable bonds is 4. The summed E-state index contributed by atoms with van der Waals surface area (Å²) in [6, 6.07) is 9.44. The van der Waals surface area contributed by atoms with Crippen molar-refractivity contribution in [2.24, 2.45) is 0 Å². The van der Waals surface area contributed by atoms with Gasteiger partial charge in [-0.05, 0) is 12.1 Å². The Hall–Kier alpha value is -2.20. The normalized spacial score (nSPS) is 10.3. The summed E-state index contributed by atoms with van der Waals surface area (Å²) in [6.07, 6.45) is 0.0681. The van der Waals surface area contributed by atoms with Crippen LogP contribution in [0, 0.1) is 0 Å². The van der Waals surface area contributed by atoms with Crippen LogP contribution in [0.5, 0.6) is 17.2 Å². The molecule has 0 unspecified atom stereocenters. The van der Waals surface area contributed by atoms with Crippen LogP contribution in [0.15, 0.2) is 36.4 Å². The quantitative estimate of drug-likeness (QED) is 0.849. The number of benzene rings is 2. The molecule has 0 amide bonds. The summed E-state index contributed by atoms with van der Waals surface area (Å²) < 4.78 is 5.17. The number of hydrogen-bond acceptors (Lipinski definition) is 4. The van der Waals surface area contributed by atoms with E-state index in [1.54, 1.807) is 18.2 Å². The molecule has 0 aliphatic carbocycles. The van der Waals surface area contributed by atoms with E-state index in [-0.39, 0.29) is 34.3 Å². The molecule has 0 saturated carbocycles. The maximum absolute atomic E-state index is 12.2. The Morgan fingerprint density at radius 2 is 1.90 bits per heavy atom. The summed E-state index contributed by atoms with van der Waals surface area (Å²) in [7, 11) is 1.53. The molecule has 104 valence electrons. The van der Waals surface area contributed by atoms with Gasteiger partial charge in [0.25, 0.3) is 0 Å². The molecule has 0 spiro atoms. The van der Waals surface area contributed by atoms with Crippen LogP contribution in [0.3, 0.4) is 0 Å². The van der Waals surface area contributed by atoms with Crippen LogP contribution in [0.4, 0.5) is 0 Å². The molecule has 0 fully saturated rings. The zero-order valence-corrected chi connectivity index (χ0v) is 11.5. The molecular formula is C15H13ClO4. The maximum Gasteiger partial charge on any atom is 0.171 e. The number of halogens is 1. The fraction of sp³-hybridized carbons (Fsp3) is 0.133. The highest BCUT2D eigenvalue weighted by atomic mass is 35.5. The van der Waals surface area contributed by atoms with Crippen LogP contribution < -0.4 is 4.74 Å². The van der Waals surface area contributed by atoms with Crippen LogP contribution >= 0.6 is 11.6 Å². The van der Waals surface area contributed by atoms with Gasteiger partial charge in [-0.25, -0.2) is 0 Å². The third kappa shape index (κ3) is 2.86. The van der Waals surface area contributed by atoms with Gasteiger partial charge < -0.3 is 14.9 Å². The summed E-state index contributed by atoms with van der Waals surface area (Å²) >= 11 is 5.75. The summed E-state index contributed by atoms with van der Waals surface area (Å²) in [6.45, 7) is 0. The number of methoxy groups -OCH3 is 1. The number of ether oxygens (including phenoxy) is 1. The Balaban J connectivity index is 2.31. The first-order chi connectivity index (χ1) is 9.52. The molecule has 2 rings (SSSR count). The molecule has 2 aromatic rings. The van der Waals surface area contributed by atoms with Gasteiger partial charge in [0.05, 0.1) is 17.7 Å². The number of ketones is 1. The van der Waals surface area contributed by atoms with Gasteiger partial charge in [-0.1, -0.05) is 29.8 Å². The van der Waals surface area contributed by atoms with E-state index >= 15 is 0 Å². The summed E-state index contributed by atoms with van der Waals surface area (Å²) in [5.74, 6) is -0.274. The fourth-order valence-electron chi connectivity index (χ4n) is 1.89. The molecule has 4 nitrogen and oxygen atoms in total. The Bertz CT molecular complexity index is 652. The van der Waals surface area contributed by atoms with Crippen LogP contribution in [0.25, 0.3) is 0 Å². The molecule has 0 bridgehead atoms. The van der Waals surface area contributed by atoms with Gasteiger partial charge >= 0.3 is 0 Å². The Labute approximate surface area is 121 Å². The molecule has 2 N–H and O–H groups in total. The molecule has 0 aromatic heterocycles. The van der Waals surface area contributed by atoms with E-state index < -0.39 is 0 Å². The van der Waals surface area contributed by atoms with Crippen molar-refractivity contribution >= 4 is 17.4 Å². The van der Waals surface area contributed by atoms with E-state index in [2.05, 4.69) is 0 Å². The molecular weight excluding hydrogens is 280 g/mol. The van der Waals surface area contributed by atoms with E-state index in [0.717, 1.165) is 6.07 Å². The second kappa shape index (κ2) is 5.84. The average molecular weight is 293 g/mol. The highest BCUT2D eigenvalue weighted by Gasteiger charge is 2.16. The molecule has 0 saturated heterocycles. The minimum absolute atomic E-state index is 0.0196. The van der Waals surface area contributed by atoms with Crippen molar-refractivity contribution in [1.82, 2.24) is 0 Å². The first-order valence-corrected chi connectivity index (χ1v) is 6.27. The zero-order chi connectivity index (χ0) is 14.7. The number of hydrogen-bond donors (Lipinski definition) is 2. The lowest BCUT2D eigenvalue weighted by molar-refractivity contribution is 0.0989. The number of aromatic hydroxyl groups is 2. The lowest BCUT2D eigenvalue weighted by atomic mass is 10.0. The van der Waals surface area contributed by atoms with Crippen molar-refractivity contribution in [3.8, 4) is 17.2 Å². The number of Topliss-reactive ketones (excluding diaryl/α,β-unsaturated/α-hetero) is 1. The molecule has 20 heavy (non-hydrogen) atoms. The van der Waals surface area contributed by atoms with Crippen LogP contribution in [-0.2, 0) is 6.42 Å². The zero-order valence-electron chi connectivity index (χ0n) is 10.8. The highest BCUT2D eigenvalue weighted by Crippen LogP contribution is 2.32. The minimum Gasteiger partial charge on any atom is -0.507 e. The van der Waals surface area contributed by atoms with Crippen LogP contribution in [-0.4, -0.2) is 23.1 Å². The minimum atomic E-state index is -0.311. The van der Waals surface area contributed by atoms with Gasteiger partial charge in [-0.2, -0.15) is 0 Å². The van der Waals surface area contributed by atoms with Crippen molar-refractivity contribution in [1.29, 1.82) is 0 Å². The molecule has 2 aromatic carbocycles. The predicted molar refractivity (Wildman–Crippen MR) is 75.8 cm³/mol. The monoisotopic (exact) mass is 292 g/mol. The second-order valence-electron chi connectivity index (χ2n) is 4.23. The average Bonchev–Trinajstić information content (AvgIpc) is 2.43. The van der Waals surface area contributed by atoms with Crippen LogP contribution in [0.2, 0.25) is 5.02 Å². The van der Waals surface area contributed by atoms with Gasteiger partial charge in [0, 0.05) is 18.1 Å². The van der Waals surface area contributed by atoms with Gasteiger partial charge in [0.15, 0.2) is 5.78 Å². The van der Waals surface area contributed by atoms with Crippen molar-refractivity contribution in [3.05, 3.63) is 52.5 Å². The SMILES string of the molecule is COc1ccccc1CC(=O)c1cc(Cl)c(O)cc1O. The topological polar surface area (TPSA) is 66.8 Å². The smallest absolute Gasteiger partial charge is 0.171 e. The van der Waals surface area contributed by atoms with E-state index in [1.807, 2.05) is 6.07 Å². The first-order valence-electron chi connectivity index (χ1n) is 5.89. The number of carbonyl (C=O) groups excluding carboxylic acids is 1. The second-order valence-corrected chi connectivity index (χ2v) is 4.64. The van der Waals surface area contributed by atoms with Gasteiger partial charge in [-0.15, -0.1) is 0 Å². The Morgan fingerprint density at radius 1 is 1.20 bits per heavy atom. The fourth-order valence-corrected chi connectivity index (χ4v) is 2.06. The van der Waals surface area contributed by atoms with Gasteiger partial charge in [-0.3, -0.25) is 4.79 Å². The Morgan fingerprint density at radius 3 is 2.60 bits per heavy atom. The number of carbonyl (C=O) groups is 1. The lowest BCUT2D eigenvalue weighted by Crippen LogP contribution is -2.05. The van der Waals surface area contributed by atoms with Crippen molar-refractivity contribution in [3.63, 3.8) is 0 Å². The largest absolute Gasteiger partial charge is 0.507 e. The number of phenols is 2. The van der Waals surface area contributed by atoms with Crippen molar-refractivity contribution < 1.29 is 19.7 Å². The summed E-state index contributed by atoms with van der Waals surface area (Å²) in [5.41, 5.74) is 0.780. The van der Waals surface area contributed by atoms with E-state index in [0.29, 0.717) is 11.3 Å². The third-order valence-electron chi connectivity index (χ3n) is 2.91. The third-order valence-corrected chi connectivity index (χ3v) is 3.21. The molecule has 0 aliphatic heterocycles. The maximum atomic E-state index is 12.2. The molecule has 0 atom stereocenters. The summed E-state index contributed by atoms with van der Waals surface area (Å²) in [5, 5.41) is 19.1. The van der Waals surface area contributed by atoms with E-state index in [4.69, 9.17) is 16.3 Å². The highest BCUT2D eigenvalue weighted by molar-refractivity contribution is 6.32. The predicted octanol–water partition coefficient (Wildman–Crippen LogP) is 3.19. The van der Waals surface area contributed by atoms with Crippen molar-refractivity contribution in [2.75, 3.05) is 7.11 Å².